The minimum absolute atomic E-state index is 0.148. The number of rotatable bonds is 7. The second-order valence-electron chi connectivity index (χ2n) is 3.44. The van der Waals surface area contributed by atoms with Crippen molar-refractivity contribution < 1.29 is 4.74 Å². The van der Waals surface area contributed by atoms with Crippen LogP contribution >= 0.6 is 11.6 Å². The summed E-state index contributed by atoms with van der Waals surface area (Å²) in [6.07, 6.45) is 0.974. The maximum absolute atomic E-state index is 5.93. The van der Waals surface area contributed by atoms with Crippen LogP contribution in [0.3, 0.4) is 0 Å². The number of methoxy groups -OCH3 is 1. The molecule has 0 saturated heterocycles. The third-order valence-corrected chi connectivity index (χ3v) is 1.88. The summed E-state index contributed by atoms with van der Waals surface area (Å²) in [6, 6.07) is 0. The zero-order valence-corrected chi connectivity index (χ0v) is 9.03. The fourth-order valence-electron chi connectivity index (χ4n) is 0.914. The van der Waals surface area contributed by atoms with Gasteiger partial charge in [0.05, 0.1) is 12.0 Å². The Morgan fingerprint density at radius 3 is 2.58 bits per heavy atom. The largest absolute Gasteiger partial charge is 0.383 e. The maximum Gasteiger partial charge on any atom is 0.0626 e. The summed E-state index contributed by atoms with van der Waals surface area (Å²) in [7, 11) is 1.68. The lowest BCUT2D eigenvalue weighted by molar-refractivity contribution is 0.195. The first-order valence-electron chi connectivity index (χ1n) is 4.50. The lowest BCUT2D eigenvalue weighted by Crippen LogP contribution is -2.24. The van der Waals surface area contributed by atoms with Crippen LogP contribution in [0, 0.1) is 5.92 Å². The van der Waals surface area contributed by atoms with Gasteiger partial charge in [-0.25, -0.2) is 0 Å². The van der Waals surface area contributed by atoms with Crippen LogP contribution < -0.4 is 5.32 Å². The molecule has 0 heterocycles. The van der Waals surface area contributed by atoms with Gasteiger partial charge in [-0.05, 0) is 25.4 Å². The summed E-state index contributed by atoms with van der Waals surface area (Å²) in [5, 5.41) is 3.48. The number of nitrogens with one attached hydrogen (secondary N) is 1. The molecule has 0 rings (SSSR count). The molecule has 74 valence electrons. The van der Waals surface area contributed by atoms with E-state index in [1.807, 2.05) is 0 Å². The van der Waals surface area contributed by atoms with Crippen molar-refractivity contribution >= 4 is 11.6 Å². The fourth-order valence-corrected chi connectivity index (χ4v) is 1.15. The van der Waals surface area contributed by atoms with Crippen molar-refractivity contribution in [2.24, 2.45) is 5.92 Å². The van der Waals surface area contributed by atoms with Crippen molar-refractivity contribution in [3.8, 4) is 0 Å². The van der Waals surface area contributed by atoms with Gasteiger partial charge in [-0.3, -0.25) is 0 Å². The Morgan fingerprint density at radius 1 is 1.42 bits per heavy atom. The molecule has 0 spiro atoms. The first-order valence-corrected chi connectivity index (χ1v) is 4.94. The van der Waals surface area contributed by atoms with E-state index in [1.54, 1.807) is 7.11 Å². The zero-order chi connectivity index (χ0) is 9.40. The normalized spacial score (nSPS) is 13.8. The maximum atomic E-state index is 5.93. The molecule has 0 aliphatic heterocycles. The minimum atomic E-state index is 0.148. The van der Waals surface area contributed by atoms with Crippen molar-refractivity contribution in [1.29, 1.82) is 0 Å². The van der Waals surface area contributed by atoms with E-state index >= 15 is 0 Å². The first kappa shape index (κ1) is 12.2. The number of alkyl halides is 1. The Bertz CT molecular complexity index is 98.5. The number of hydrogen-bond donors (Lipinski definition) is 1. The zero-order valence-electron chi connectivity index (χ0n) is 8.27. The molecular formula is C9H20ClNO. The molecule has 1 unspecified atom stereocenters. The summed E-state index contributed by atoms with van der Waals surface area (Å²) in [5.41, 5.74) is 0. The summed E-state index contributed by atoms with van der Waals surface area (Å²) < 4.78 is 4.92. The molecule has 0 radical (unpaired) electrons. The molecule has 0 aromatic heterocycles. The smallest absolute Gasteiger partial charge is 0.0626 e. The number of ether oxygens (including phenoxy) is 1. The Balaban J connectivity index is 3.08. The molecule has 12 heavy (non-hydrogen) atoms. The Kier molecular flexibility index (Phi) is 7.98. The fraction of sp³-hybridized carbons (Fsp3) is 1.00. The van der Waals surface area contributed by atoms with Crippen LogP contribution in [0.2, 0.25) is 0 Å². The minimum Gasteiger partial charge on any atom is -0.383 e. The van der Waals surface area contributed by atoms with Crippen molar-refractivity contribution in [3.05, 3.63) is 0 Å². The van der Waals surface area contributed by atoms with Gasteiger partial charge in [0.1, 0.15) is 0 Å². The molecule has 0 aliphatic carbocycles. The highest BCUT2D eigenvalue weighted by atomic mass is 35.5. The van der Waals surface area contributed by atoms with E-state index < -0.39 is 0 Å². The van der Waals surface area contributed by atoms with Gasteiger partial charge in [-0.1, -0.05) is 13.8 Å². The second kappa shape index (κ2) is 7.84. The van der Waals surface area contributed by atoms with Crippen LogP contribution in [-0.2, 0) is 4.74 Å². The van der Waals surface area contributed by atoms with Crippen LogP contribution in [0.5, 0.6) is 0 Å². The van der Waals surface area contributed by atoms with Crippen molar-refractivity contribution in [2.45, 2.75) is 25.6 Å². The average Bonchev–Trinajstić information content (AvgIpc) is 1.98. The summed E-state index contributed by atoms with van der Waals surface area (Å²) >= 11 is 5.93. The van der Waals surface area contributed by atoms with Gasteiger partial charge in [0.25, 0.3) is 0 Å². The van der Waals surface area contributed by atoms with E-state index in [2.05, 4.69) is 19.2 Å². The van der Waals surface area contributed by atoms with E-state index in [4.69, 9.17) is 16.3 Å². The van der Waals surface area contributed by atoms with E-state index in [0.717, 1.165) is 19.5 Å². The first-order chi connectivity index (χ1) is 5.66. The van der Waals surface area contributed by atoms with Gasteiger partial charge >= 0.3 is 0 Å². The van der Waals surface area contributed by atoms with E-state index in [9.17, 15) is 0 Å². The summed E-state index contributed by atoms with van der Waals surface area (Å²) in [4.78, 5) is 0. The van der Waals surface area contributed by atoms with Crippen molar-refractivity contribution in [3.63, 3.8) is 0 Å². The van der Waals surface area contributed by atoms with Crippen molar-refractivity contribution in [1.82, 2.24) is 5.32 Å². The van der Waals surface area contributed by atoms with Crippen LogP contribution in [0.1, 0.15) is 20.3 Å². The number of halogens is 1. The van der Waals surface area contributed by atoms with Gasteiger partial charge in [-0.2, -0.15) is 0 Å². The van der Waals surface area contributed by atoms with Gasteiger partial charge in [-0.15, -0.1) is 11.6 Å². The molecule has 3 heteroatoms. The predicted octanol–water partition coefficient (Wildman–Crippen LogP) is 1.88. The summed E-state index contributed by atoms with van der Waals surface area (Å²) in [5.74, 6) is 0.709. The summed E-state index contributed by atoms with van der Waals surface area (Å²) in [6.45, 7) is 7.08. The lowest BCUT2D eigenvalue weighted by atomic mass is 10.2. The lowest BCUT2D eigenvalue weighted by Gasteiger charge is -2.10. The third-order valence-electron chi connectivity index (χ3n) is 1.53. The average molecular weight is 194 g/mol. The topological polar surface area (TPSA) is 21.3 Å². The molecule has 0 bridgehead atoms. The highest BCUT2D eigenvalue weighted by molar-refractivity contribution is 6.20. The second-order valence-corrected chi connectivity index (χ2v) is 4.06. The molecule has 0 saturated carbocycles. The van der Waals surface area contributed by atoms with Crippen LogP contribution in [0.15, 0.2) is 0 Å². The van der Waals surface area contributed by atoms with E-state index in [1.165, 1.54) is 0 Å². The van der Waals surface area contributed by atoms with Crippen molar-refractivity contribution in [2.75, 3.05) is 26.8 Å². The van der Waals surface area contributed by atoms with Crippen LogP contribution in [0.4, 0.5) is 0 Å². The molecular weight excluding hydrogens is 174 g/mol. The Morgan fingerprint density at radius 2 is 2.08 bits per heavy atom. The quantitative estimate of drug-likeness (QED) is 0.493. The molecule has 1 N–H and O–H groups in total. The van der Waals surface area contributed by atoms with Gasteiger partial charge < -0.3 is 10.1 Å². The molecule has 0 fully saturated rings. The highest BCUT2D eigenvalue weighted by Crippen LogP contribution is 2.00. The Labute approximate surface area is 80.6 Å². The van der Waals surface area contributed by atoms with Gasteiger partial charge in [0.15, 0.2) is 0 Å². The van der Waals surface area contributed by atoms with E-state index in [0.29, 0.717) is 12.5 Å². The monoisotopic (exact) mass is 193 g/mol. The molecule has 0 aromatic carbocycles. The highest BCUT2D eigenvalue weighted by Gasteiger charge is 2.02. The van der Waals surface area contributed by atoms with Crippen LogP contribution in [0.25, 0.3) is 0 Å². The SMILES string of the molecule is COCC(Cl)CCNCC(C)C. The molecule has 0 aliphatic rings. The molecule has 0 amide bonds. The molecule has 0 aromatic rings. The third kappa shape index (κ3) is 8.31. The molecule has 1 atom stereocenters. The number of hydrogen-bond acceptors (Lipinski definition) is 2. The van der Waals surface area contributed by atoms with Crippen LogP contribution in [-0.4, -0.2) is 32.2 Å². The predicted molar refractivity (Wildman–Crippen MR) is 53.8 cm³/mol. The Hall–Kier alpha value is 0.210. The van der Waals surface area contributed by atoms with E-state index in [-0.39, 0.29) is 5.38 Å². The van der Waals surface area contributed by atoms with Gasteiger partial charge in [0, 0.05) is 7.11 Å². The standard InChI is InChI=1S/C9H20ClNO/c1-8(2)6-11-5-4-9(10)7-12-3/h8-9,11H,4-7H2,1-3H3. The van der Waals surface area contributed by atoms with Gasteiger partial charge in [0.2, 0.25) is 0 Å². The molecule has 2 nitrogen and oxygen atoms in total.